The number of hydrogen-bond acceptors (Lipinski definition) is 3. The lowest BCUT2D eigenvalue weighted by molar-refractivity contribution is -0.150. The third kappa shape index (κ3) is 4.00. The molecule has 116 valence electrons. The van der Waals surface area contributed by atoms with Gasteiger partial charge in [0, 0.05) is 10.2 Å². The molecule has 0 bridgehead atoms. The van der Waals surface area contributed by atoms with E-state index in [9.17, 15) is 4.79 Å². The topological polar surface area (TPSA) is 38.3 Å². The molecule has 21 heavy (non-hydrogen) atoms. The minimum atomic E-state index is -0.567. The molecular formula is C17H24BrNO2. The van der Waals surface area contributed by atoms with Crippen molar-refractivity contribution in [3.8, 4) is 0 Å². The van der Waals surface area contributed by atoms with E-state index in [0.717, 1.165) is 35.8 Å². The Labute approximate surface area is 135 Å². The second-order valence-electron chi connectivity index (χ2n) is 5.81. The van der Waals surface area contributed by atoms with Crippen LogP contribution in [0, 0.1) is 5.92 Å². The van der Waals surface area contributed by atoms with E-state index in [1.54, 1.807) is 0 Å². The third-order valence-corrected chi connectivity index (χ3v) is 4.85. The van der Waals surface area contributed by atoms with Crippen LogP contribution in [0.3, 0.4) is 0 Å². The summed E-state index contributed by atoms with van der Waals surface area (Å²) in [4.78, 5) is 12.6. The Balaban J connectivity index is 2.22. The van der Waals surface area contributed by atoms with Gasteiger partial charge in [-0.1, -0.05) is 42.1 Å². The first-order valence-corrected chi connectivity index (χ1v) is 8.60. The van der Waals surface area contributed by atoms with Crippen LogP contribution in [0.15, 0.2) is 28.7 Å². The number of carbonyl (C=O) groups excluding carboxylic acids is 1. The van der Waals surface area contributed by atoms with Crippen LogP contribution >= 0.6 is 15.9 Å². The Morgan fingerprint density at radius 3 is 2.71 bits per heavy atom. The minimum Gasteiger partial charge on any atom is -0.464 e. The van der Waals surface area contributed by atoms with Crippen LogP contribution < -0.4 is 5.32 Å². The molecule has 2 rings (SSSR count). The average Bonchev–Trinajstić information content (AvgIpc) is 2.50. The predicted molar refractivity (Wildman–Crippen MR) is 89.4 cm³/mol. The van der Waals surface area contributed by atoms with Gasteiger partial charge in [0.2, 0.25) is 0 Å². The number of carbonyl (C=O) groups is 1. The van der Waals surface area contributed by atoms with Crippen molar-refractivity contribution in [3.05, 3.63) is 28.7 Å². The number of nitrogens with one attached hydrogen (secondary N) is 1. The quantitative estimate of drug-likeness (QED) is 0.775. The second kappa shape index (κ2) is 7.30. The number of ether oxygens (including phenoxy) is 1. The van der Waals surface area contributed by atoms with Crippen LogP contribution in [-0.2, 0) is 9.53 Å². The van der Waals surface area contributed by atoms with E-state index in [2.05, 4.69) is 28.2 Å². The Morgan fingerprint density at radius 1 is 1.38 bits per heavy atom. The van der Waals surface area contributed by atoms with Crippen LogP contribution in [0.1, 0.15) is 46.0 Å². The Kier molecular flexibility index (Phi) is 5.68. The molecule has 0 aliphatic heterocycles. The molecule has 2 atom stereocenters. The van der Waals surface area contributed by atoms with Gasteiger partial charge in [-0.3, -0.25) is 0 Å². The number of benzene rings is 1. The van der Waals surface area contributed by atoms with Gasteiger partial charge >= 0.3 is 5.97 Å². The summed E-state index contributed by atoms with van der Waals surface area (Å²) >= 11 is 3.44. The van der Waals surface area contributed by atoms with Gasteiger partial charge in [0.15, 0.2) is 0 Å². The van der Waals surface area contributed by atoms with Crippen molar-refractivity contribution >= 4 is 27.6 Å². The van der Waals surface area contributed by atoms with E-state index in [1.807, 2.05) is 31.2 Å². The van der Waals surface area contributed by atoms with Gasteiger partial charge in [0.1, 0.15) is 5.54 Å². The molecule has 4 heteroatoms. The van der Waals surface area contributed by atoms with E-state index >= 15 is 0 Å². The molecule has 1 aliphatic rings. The summed E-state index contributed by atoms with van der Waals surface area (Å²) in [5, 5.41) is 3.48. The first kappa shape index (κ1) is 16.3. The van der Waals surface area contributed by atoms with Crippen molar-refractivity contribution in [1.29, 1.82) is 0 Å². The Hall–Kier alpha value is -1.03. The van der Waals surface area contributed by atoms with Crippen LogP contribution in [0.25, 0.3) is 0 Å². The molecule has 0 amide bonds. The molecule has 0 radical (unpaired) electrons. The van der Waals surface area contributed by atoms with Gasteiger partial charge in [-0.25, -0.2) is 4.79 Å². The SMILES string of the molecule is CCOC(=O)C1(Nc2ccc(Br)cc2)CCCC(CC)C1. The Morgan fingerprint density at radius 2 is 2.10 bits per heavy atom. The average molecular weight is 354 g/mol. The van der Waals surface area contributed by atoms with E-state index in [-0.39, 0.29) is 5.97 Å². The molecule has 2 unspecified atom stereocenters. The number of esters is 1. The van der Waals surface area contributed by atoms with Gasteiger partial charge in [-0.15, -0.1) is 0 Å². The van der Waals surface area contributed by atoms with Crippen molar-refractivity contribution in [2.75, 3.05) is 11.9 Å². The van der Waals surface area contributed by atoms with Crippen molar-refractivity contribution in [2.24, 2.45) is 5.92 Å². The molecule has 1 N–H and O–H groups in total. The molecule has 0 aromatic heterocycles. The fourth-order valence-electron chi connectivity index (χ4n) is 3.17. The maximum Gasteiger partial charge on any atom is 0.331 e. The van der Waals surface area contributed by atoms with E-state index in [0.29, 0.717) is 12.5 Å². The van der Waals surface area contributed by atoms with Gasteiger partial charge in [0.05, 0.1) is 6.61 Å². The first-order valence-electron chi connectivity index (χ1n) is 7.80. The normalized spacial score (nSPS) is 25.4. The summed E-state index contributed by atoms with van der Waals surface area (Å²) in [5.74, 6) is 0.483. The molecule has 1 fully saturated rings. The zero-order valence-electron chi connectivity index (χ0n) is 12.8. The highest BCUT2D eigenvalue weighted by molar-refractivity contribution is 9.10. The third-order valence-electron chi connectivity index (χ3n) is 4.32. The second-order valence-corrected chi connectivity index (χ2v) is 6.72. The molecular weight excluding hydrogens is 330 g/mol. The summed E-state index contributed by atoms with van der Waals surface area (Å²) in [6, 6.07) is 7.98. The van der Waals surface area contributed by atoms with Gasteiger partial charge in [0.25, 0.3) is 0 Å². The molecule has 1 aromatic carbocycles. The molecule has 1 saturated carbocycles. The predicted octanol–water partition coefficient (Wildman–Crippen LogP) is 4.76. The van der Waals surface area contributed by atoms with Crippen LogP contribution in [-0.4, -0.2) is 18.1 Å². The van der Waals surface area contributed by atoms with Crippen molar-refractivity contribution in [1.82, 2.24) is 0 Å². The molecule has 1 aromatic rings. The number of anilines is 1. The maximum atomic E-state index is 12.6. The van der Waals surface area contributed by atoms with E-state index < -0.39 is 5.54 Å². The summed E-state index contributed by atoms with van der Waals surface area (Å²) in [5.41, 5.74) is 0.408. The zero-order valence-corrected chi connectivity index (χ0v) is 14.4. The lowest BCUT2D eigenvalue weighted by Gasteiger charge is -2.40. The van der Waals surface area contributed by atoms with Crippen molar-refractivity contribution in [3.63, 3.8) is 0 Å². The lowest BCUT2D eigenvalue weighted by Crippen LogP contribution is -2.50. The van der Waals surface area contributed by atoms with Crippen LogP contribution in [0.4, 0.5) is 5.69 Å². The largest absolute Gasteiger partial charge is 0.464 e. The fourth-order valence-corrected chi connectivity index (χ4v) is 3.43. The molecule has 0 saturated heterocycles. The summed E-state index contributed by atoms with van der Waals surface area (Å²) in [7, 11) is 0. The van der Waals surface area contributed by atoms with E-state index in [4.69, 9.17) is 4.74 Å². The monoisotopic (exact) mass is 353 g/mol. The molecule has 0 spiro atoms. The van der Waals surface area contributed by atoms with Gasteiger partial charge in [-0.2, -0.15) is 0 Å². The highest BCUT2D eigenvalue weighted by Crippen LogP contribution is 2.37. The summed E-state index contributed by atoms with van der Waals surface area (Å²) in [6.45, 7) is 4.50. The van der Waals surface area contributed by atoms with E-state index in [1.165, 1.54) is 6.42 Å². The van der Waals surface area contributed by atoms with Gasteiger partial charge in [-0.05, 0) is 49.9 Å². The van der Waals surface area contributed by atoms with Crippen molar-refractivity contribution < 1.29 is 9.53 Å². The molecule has 1 aliphatic carbocycles. The molecule has 0 heterocycles. The van der Waals surface area contributed by atoms with Crippen LogP contribution in [0.5, 0.6) is 0 Å². The van der Waals surface area contributed by atoms with Crippen LogP contribution in [0.2, 0.25) is 0 Å². The smallest absolute Gasteiger partial charge is 0.331 e. The highest BCUT2D eigenvalue weighted by Gasteiger charge is 2.43. The number of hydrogen-bond donors (Lipinski definition) is 1. The maximum absolute atomic E-state index is 12.6. The highest BCUT2D eigenvalue weighted by atomic mass is 79.9. The number of rotatable bonds is 5. The lowest BCUT2D eigenvalue weighted by atomic mass is 9.74. The molecule has 3 nitrogen and oxygen atoms in total. The first-order chi connectivity index (χ1) is 10.1. The summed E-state index contributed by atoms with van der Waals surface area (Å²) in [6.07, 6.45) is 5.10. The minimum absolute atomic E-state index is 0.105. The van der Waals surface area contributed by atoms with Crippen molar-refractivity contribution in [2.45, 2.75) is 51.5 Å². The zero-order chi connectivity index (χ0) is 15.3. The fraction of sp³-hybridized carbons (Fsp3) is 0.588. The number of halogens is 1. The standard InChI is InChI=1S/C17H24BrNO2/c1-3-13-6-5-11-17(12-13,16(20)21-4-2)19-15-9-7-14(18)8-10-15/h7-10,13,19H,3-6,11-12H2,1-2H3. The summed E-state index contributed by atoms with van der Waals surface area (Å²) < 4.78 is 6.40. The van der Waals surface area contributed by atoms with Gasteiger partial charge < -0.3 is 10.1 Å². The Bertz CT molecular complexity index is 474.